The van der Waals surface area contributed by atoms with E-state index < -0.39 is 8.07 Å². The first-order valence-electron chi connectivity index (χ1n) is 5.78. The SMILES string of the molecule is CC(OC(=O)N1CCC(=O)CC1)[Si](C)(C)C. The Bertz CT molecular complexity index is 275. The predicted octanol–water partition coefficient (Wildman–Crippen LogP) is 2.05. The van der Waals surface area contributed by atoms with E-state index in [2.05, 4.69) is 19.6 Å². The van der Waals surface area contributed by atoms with Crippen LogP contribution < -0.4 is 0 Å². The third-order valence-electron chi connectivity index (χ3n) is 3.08. The van der Waals surface area contributed by atoms with Crippen molar-refractivity contribution in [1.82, 2.24) is 4.90 Å². The van der Waals surface area contributed by atoms with Gasteiger partial charge in [0.1, 0.15) is 5.78 Å². The average molecular weight is 243 g/mol. The number of carbonyl (C=O) groups is 2. The molecule has 5 heteroatoms. The van der Waals surface area contributed by atoms with Gasteiger partial charge in [-0.25, -0.2) is 4.79 Å². The molecule has 1 aliphatic rings. The number of amides is 1. The fourth-order valence-corrected chi connectivity index (χ4v) is 1.80. The highest BCUT2D eigenvalue weighted by molar-refractivity contribution is 6.77. The van der Waals surface area contributed by atoms with Crippen molar-refractivity contribution < 1.29 is 14.3 Å². The van der Waals surface area contributed by atoms with Gasteiger partial charge in [0.25, 0.3) is 0 Å². The minimum absolute atomic E-state index is 0.0117. The monoisotopic (exact) mass is 243 g/mol. The zero-order valence-corrected chi connectivity index (χ0v) is 11.6. The summed E-state index contributed by atoms with van der Waals surface area (Å²) in [7, 11) is -1.44. The van der Waals surface area contributed by atoms with Crippen molar-refractivity contribution in [1.29, 1.82) is 0 Å². The molecule has 0 aromatic rings. The molecule has 1 fully saturated rings. The van der Waals surface area contributed by atoms with Gasteiger partial charge in [-0.1, -0.05) is 19.6 Å². The Morgan fingerprint density at radius 1 is 1.31 bits per heavy atom. The van der Waals surface area contributed by atoms with Gasteiger partial charge in [0, 0.05) is 25.9 Å². The van der Waals surface area contributed by atoms with Crippen LogP contribution in [-0.4, -0.2) is 43.7 Å². The summed E-state index contributed by atoms with van der Waals surface area (Å²) < 4.78 is 5.43. The van der Waals surface area contributed by atoms with E-state index in [0.717, 1.165) is 0 Å². The van der Waals surface area contributed by atoms with Gasteiger partial charge in [-0.2, -0.15) is 0 Å². The molecular weight excluding hydrogens is 222 g/mol. The van der Waals surface area contributed by atoms with Crippen molar-refractivity contribution in [2.45, 2.75) is 45.1 Å². The number of carbonyl (C=O) groups excluding carboxylic acids is 2. The molecule has 1 amide bonds. The van der Waals surface area contributed by atoms with Gasteiger partial charge in [-0.05, 0) is 6.92 Å². The van der Waals surface area contributed by atoms with E-state index in [-0.39, 0.29) is 17.6 Å². The van der Waals surface area contributed by atoms with Crippen LogP contribution in [0.2, 0.25) is 19.6 Å². The van der Waals surface area contributed by atoms with Crippen LogP contribution in [0.5, 0.6) is 0 Å². The van der Waals surface area contributed by atoms with Gasteiger partial charge in [0.2, 0.25) is 0 Å². The maximum atomic E-state index is 11.8. The van der Waals surface area contributed by atoms with Crippen molar-refractivity contribution in [2.24, 2.45) is 0 Å². The minimum atomic E-state index is -1.44. The molecular formula is C11H21NO3Si. The molecule has 1 aliphatic heterocycles. The summed E-state index contributed by atoms with van der Waals surface area (Å²) >= 11 is 0. The van der Waals surface area contributed by atoms with Crippen molar-refractivity contribution in [3.63, 3.8) is 0 Å². The first-order chi connectivity index (χ1) is 7.30. The van der Waals surface area contributed by atoms with Gasteiger partial charge in [0.05, 0.1) is 13.8 Å². The second-order valence-electron chi connectivity index (χ2n) is 5.42. The van der Waals surface area contributed by atoms with Crippen molar-refractivity contribution in [3.8, 4) is 0 Å². The lowest BCUT2D eigenvalue weighted by Gasteiger charge is -2.30. The molecule has 92 valence electrons. The number of hydrogen-bond donors (Lipinski definition) is 0. The smallest absolute Gasteiger partial charge is 0.409 e. The maximum Gasteiger partial charge on any atom is 0.409 e. The first kappa shape index (κ1) is 13.2. The number of Topliss-reactive ketones (excluding diaryl/α,β-unsaturated/α-hetero) is 1. The number of piperidine rings is 1. The fourth-order valence-electron chi connectivity index (χ4n) is 1.34. The van der Waals surface area contributed by atoms with Crippen molar-refractivity contribution >= 4 is 20.0 Å². The van der Waals surface area contributed by atoms with Gasteiger partial charge in [-0.15, -0.1) is 0 Å². The molecule has 16 heavy (non-hydrogen) atoms. The van der Waals surface area contributed by atoms with Crippen LogP contribution in [0.3, 0.4) is 0 Å². The second kappa shape index (κ2) is 4.99. The van der Waals surface area contributed by atoms with Crippen molar-refractivity contribution in [3.05, 3.63) is 0 Å². The Morgan fingerprint density at radius 2 is 1.81 bits per heavy atom. The van der Waals surface area contributed by atoms with Crippen molar-refractivity contribution in [2.75, 3.05) is 13.1 Å². The molecule has 0 aromatic heterocycles. The number of ether oxygens (including phenoxy) is 1. The zero-order valence-electron chi connectivity index (χ0n) is 10.6. The lowest BCUT2D eigenvalue weighted by atomic mass is 10.1. The molecule has 0 radical (unpaired) electrons. The average Bonchev–Trinajstić information content (AvgIpc) is 2.17. The molecule has 0 aliphatic carbocycles. The van der Waals surface area contributed by atoms with E-state index in [0.29, 0.717) is 25.9 Å². The molecule has 4 nitrogen and oxygen atoms in total. The molecule has 0 aromatic carbocycles. The fraction of sp³-hybridized carbons (Fsp3) is 0.818. The van der Waals surface area contributed by atoms with Gasteiger partial charge in [0.15, 0.2) is 0 Å². The molecule has 1 atom stereocenters. The number of nitrogens with zero attached hydrogens (tertiary/aromatic N) is 1. The number of rotatable bonds is 2. The molecule has 0 spiro atoms. The van der Waals surface area contributed by atoms with Gasteiger partial charge < -0.3 is 9.64 Å². The van der Waals surface area contributed by atoms with Crippen LogP contribution in [-0.2, 0) is 9.53 Å². The lowest BCUT2D eigenvalue weighted by Crippen LogP contribution is -2.45. The first-order valence-corrected chi connectivity index (χ1v) is 9.35. The molecule has 0 bridgehead atoms. The largest absolute Gasteiger partial charge is 0.450 e. The minimum Gasteiger partial charge on any atom is -0.450 e. The molecule has 0 N–H and O–H groups in total. The van der Waals surface area contributed by atoms with Crippen LogP contribution >= 0.6 is 0 Å². The summed E-state index contributed by atoms with van der Waals surface area (Å²) in [6.45, 7) is 9.49. The number of likely N-dealkylation sites (tertiary alicyclic amines) is 1. The topological polar surface area (TPSA) is 46.6 Å². The normalized spacial score (nSPS) is 19.5. The standard InChI is InChI=1S/C11H21NO3Si/c1-9(16(2,3)4)15-11(14)12-7-5-10(13)6-8-12/h9H,5-8H2,1-4H3. The Hall–Kier alpha value is -0.843. The summed E-state index contributed by atoms with van der Waals surface area (Å²) in [4.78, 5) is 24.5. The predicted molar refractivity (Wildman–Crippen MR) is 65.1 cm³/mol. The summed E-state index contributed by atoms with van der Waals surface area (Å²) in [6, 6.07) is 0. The summed E-state index contributed by atoms with van der Waals surface area (Å²) in [5, 5.41) is 0. The van der Waals surface area contributed by atoms with E-state index in [1.807, 2.05) is 6.92 Å². The molecule has 1 heterocycles. The Labute approximate surface area is 98.0 Å². The lowest BCUT2D eigenvalue weighted by molar-refractivity contribution is -0.121. The molecule has 1 unspecified atom stereocenters. The van der Waals surface area contributed by atoms with Gasteiger partial charge >= 0.3 is 6.09 Å². The molecule has 1 saturated heterocycles. The van der Waals surface area contributed by atoms with Gasteiger partial charge in [-0.3, -0.25) is 4.79 Å². The third kappa shape index (κ3) is 3.63. The summed E-state index contributed by atoms with van der Waals surface area (Å²) in [6.07, 6.45) is 0.676. The number of hydrogen-bond acceptors (Lipinski definition) is 3. The highest BCUT2D eigenvalue weighted by atomic mass is 28.3. The Balaban J connectivity index is 2.44. The van der Waals surface area contributed by atoms with Crippen LogP contribution in [0.25, 0.3) is 0 Å². The number of ketones is 1. The van der Waals surface area contributed by atoms with E-state index in [1.54, 1.807) is 4.90 Å². The summed E-state index contributed by atoms with van der Waals surface area (Å²) in [5.41, 5.74) is 0.0117. The molecule has 0 saturated carbocycles. The van der Waals surface area contributed by atoms with Crippen LogP contribution in [0.1, 0.15) is 19.8 Å². The zero-order chi connectivity index (χ0) is 12.3. The third-order valence-corrected chi connectivity index (χ3v) is 5.63. The Morgan fingerprint density at radius 3 is 2.25 bits per heavy atom. The van der Waals surface area contributed by atoms with Crippen LogP contribution in [0.15, 0.2) is 0 Å². The van der Waals surface area contributed by atoms with Crippen LogP contribution in [0, 0.1) is 0 Å². The van der Waals surface area contributed by atoms with E-state index in [1.165, 1.54) is 0 Å². The second-order valence-corrected chi connectivity index (χ2v) is 11.0. The Kier molecular flexibility index (Phi) is 4.13. The van der Waals surface area contributed by atoms with Crippen LogP contribution in [0.4, 0.5) is 4.79 Å². The molecule has 1 rings (SSSR count). The van der Waals surface area contributed by atoms with E-state index >= 15 is 0 Å². The highest BCUT2D eigenvalue weighted by Gasteiger charge is 2.29. The van der Waals surface area contributed by atoms with E-state index in [9.17, 15) is 9.59 Å². The quantitative estimate of drug-likeness (QED) is 0.697. The maximum absolute atomic E-state index is 11.8. The summed E-state index contributed by atoms with van der Waals surface area (Å²) in [5.74, 6) is 0.238. The van der Waals surface area contributed by atoms with E-state index in [4.69, 9.17) is 4.74 Å². The highest BCUT2D eigenvalue weighted by Crippen LogP contribution is 2.14.